The predicted molar refractivity (Wildman–Crippen MR) is 197 cm³/mol. The molecule has 0 radical (unpaired) electrons. The number of hydrogen-bond donors (Lipinski definition) is 2. The largest absolute Gasteiger partial charge is 0.462 e. The summed E-state index contributed by atoms with van der Waals surface area (Å²) >= 11 is 0. The van der Waals surface area contributed by atoms with Crippen LogP contribution in [0.15, 0.2) is 36.5 Å². The van der Waals surface area contributed by atoms with E-state index in [9.17, 15) is 19.8 Å². The molecule has 0 saturated heterocycles. The topological polar surface area (TPSA) is 93.1 Å². The Bertz CT molecular complexity index is 787. The van der Waals surface area contributed by atoms with Crippen LogP contribution in [0, 0.1) is 5.92 Å². The van der Waals surface area contributed by atoms with E-state index in [4.69, 9.17) is 9.47 Å². The molecule has 0 aromatic carbocycles. The lowest BCUT2D eigenvalue weighted by atomic mass is 10.0. The highest BCUT2D eigenvalue weighted by Gasteiger charge is 2.16. The minimum absolute atomic E-state index is 0.0907. The summed E-state index contributed by atoms with van der Waals surface area (Å²) < 4.78 is 10.6. The van der Waals surface area contributed by atoms with Gasteiger partial charge in [-0.05, 0) is 44.4 Å². The van der Waals surface area contributed by atoms with Gasteiger partial charge in [-0.3, -0.25) is 9.59 Å². The molecule has 0 aliphatic rings. The zero-order valence-electron chi connectivity index (χ0n) is 30.8. The lowest BCUT2D eigenvalue weighted by Gasteiger charge is -2.15. The van der Waals surface area contributed by atoms with Crippen molar-refractivity contribution in [1.82, 2.24) is 0 Å². The average Bonchev–Trinajstić information content (AvgIpc) is 3.05. The second-order valence-corrected chi connectivity index (χ2v) is 13.7. The second-order valence-electron chi connectivity index (χ2n) is 13.7. The van der Waals surface area contributed by atoms with Crippen LogP contribution in [-0.4, -0.2) is 47.6 Å². The summed E-state index contributed by atoms with van der Waals surface area (Å²) in [6, 6.07) is 0. The van der Waals surface area contributed by atoms with Crippen molar-refractivity contribution < 1.29 is 29.3 Å². The fourth-order valence-electron chi connectivity index (χ4n) is 5.48. The van der Waals surface area contributed by atoms with Crippen LogP contribution in [-0.2, 0) is 19.1 Å². The summed E-state index contributed by atoms with van der Waals surface area (Å²) in [6.07, 6.45) is 38.2. The van der Waals surface area contributed by atoms with E-state index in [-0.39, 0.29) is 25.2 Å². The van der Waals surface area contributed by atoms with E-state index in [1.807, 2.05) is 24.3 Å². The van der Waals surface area contributed by atoms with Crippen molar-refractivity contribution in [3.8, 4) is 0 Å². The monoisotopic (exact) mass is 663 g/mol. The number of aliphatic hydroxyl groups is 2. The first-order valence-electron chi connectivity index (χ1n) is 19.5. The van der Waals surface area contributed by atoms with Gasteiger partial charge in [0.1, 0.15) is 6.61 Å². The summed E-state index contributed by atoms with van der Waals surface area (Å²) in [7, 11) is 0. The molecule has 6 heteroatoms. The Balaban J connectivity index is 3.61. The molecule has 0 fully saturated rings. The Morgan fingerprint density at radius 2 is 1.15 bits per heavy atom. The first-order valence-corrected chi connectivity index (χ1v) is 19.5. The molecule has 0 saturated carbocycles. The van der Waals surface area contributed by atoms with Gasteiger partial charge in [-0.2, -0.15) is 0 Å². The first-order chi connectivity index (χ1) is 22.9. The molecule has 0 rings (SSSR count). The van der Waals surface area contributed by atoms with E-state index < -0.39 is 12.2 Å². The van der Waals surface area contributed by atoms with Crippen LogP contribution in [0.25, 0.3) is 0 Å². The summed E-state index contributed by atoms with van der Waals surface area (Å²) in [5.74, 6) is 0.203. The van der Waals surface area contributed by atoms with Crippen LogP contribution in [0.3, 0.4) is 0 Å². The molecule has 47 heavy (non-hydrogen) atoms. The van der Waals surface area contributed by atoms with Gasteiger partial charge in [0.15, 0.2) is 6.10 Å². The summed E-state index contributed by atoms with van der Waals surface area (Å²) in [4.78, 5) is 24.2. The van der Waals surface area contributed by atoms with E-state index in [1.54, 1.807) is 0 Å². The van der Waals surface area contributed by atoms with Crippen LogP contribution in [0.5, 0.6) is 0 Å². The minimum Gasteiger partial charge on any atom is -0.462 e. The Kier molecular flexibility index (Phi) is 33.9. The highest BCUT2D eigenvalue weighted by molar-refractivity contribution is 5.70. The third kappa shape index (κ3) is 35.2. The molecule has 1 unspecified atom stereocenters. The molecule has 0 aromatic heterocycles. The van der Waals surface area contributed by atoms with Crippen LogP contribution < -0.4 is 0 Å². The number of unbranched alkanes of at least 4 members (excludes halogenated alkanes) is 18. The predicted octanol–water partition coefficient (Wildman–Crippen LogP) is 10.9. The smallest absolute Gasteiger partial charge is 0.306 e. The van der Waals surface area contributed by atoms with E-state index in [0.29, 0.717) is 19.3 Å². The molecule has 6 nitrogen and oxygen atoms in total. The number of aliphatic hydroxyl groups excluding tert-OH is 2. The van der Waals surface area contributed by atoms with Gasteiger partial charge in [-0.15, -0.1) is 0 Å². The average molecular weight is 663 g/mol. The van der Waals surface area contributed by atoms with Crippen molar-refractivity contribution >= 4 is 11.9 Å². The van der Waals surface area contributed by atoms with Crippen molar-refractivity contribution in [2.75, 3.05) is 13.2 Å². The molecule has 2 atom stereocenters. The maximum atomic E-state index is 12.2. The molecule has 0 bridgehead atoms. The van der Waals surface area contributed by atoms with E-state index >= 15 is 0 Å². The molecular weight excluding hydrogens is 588 g/mol. The summed E-state index contributed by atoms with van der Waals surface area (Å²) in [5.41, 5.74) is 0. The van der Waals surface area contributed by atoms with Crippen molar-refractivity contribution in [2.45, 2.75) is 193 Å². The van der Waals surface area contributed by atoms with Crippen LogP contribution in [0.4, 0.5) is 0 Å². The van der Waals surface area contributed by atoms with Gasteiger partial charge in [-0.1, -0.05) is 166 Å². The summed E-state index contributed by atoms with van der Waals surface area (Å²) in [6.45, 7) is 6.26. The molecule has 0 aliphatic heterocycles. The Morgan fingerprint density at radius 3 is 1.68 bits per heavy atom. The van der Waals surface area contributed by atoms with Gasteiger partial charge in [0.05, 0.1) is 12.7 Å². The third-order valence-electron chi connectivity index (χ3n) is 8.46. The fourth-order valence-corrected chi connectivity index (χ4v) is 5.48. The van der Waals surface area contributed by atoms with Gasteiger partial charge in [0, 0.05) is 12.8 Å². The third-order valence-corrected chi connectivity index (χ3v) is 8.46. The van der Waals surface area contributed by atoms with Crippen molar-refractivity contribution in [3.05, 3.63) is 36.5 Å². The van der Waals surface area contributed by atoms with Gasteiger partial charge in [0.2, 0.25) is 0 Å². The van der Waals surface area contributed by atoms with E-state index in [2.05, 4.69) is 32.9 Å². The van der Waals surface area contributed by atoms with E-state index in [0.717, 1.165) is 70.1 Å². The molecule has 0 aliphatic carbocycles. The number of esters is 2. The SMILES string of the molecule is CC/C=C/CC(O)/C=C/C=C/CCCCCCCC(=O)OC[C@H](CO)OC(=O)CCCCCCCCCCCCCCCCC(C)C. The number of rotatable bonds is 34. The standard InChI is InChI=1S/C41H74O6/c1-4-5-25-31-38(43)32-27-22-18-14-12-16-19-23-28-33-40(44)46-36-39(35-42)47-41(45)34-29-24-20-15-11-9-7-6-8-10-13-17-21-26-30-37(2)3/h5,18,22,25,27,32,37-39,42-43H,4,6-17,19-21,23-24,26,28-31,33-36H2,1-3H3/b22-18+,25-5+,32-27+/t38?,39-/m0/s1. The highest BCUT2D eigenvalue weighted by Crippen LogP contribution is 2.15. The quantitative estimate of drug-likeness (QED) is 0.0308. The zero-order chi connectivity index (χ0) is 34.6. The fraction of sp³-hybridized carbons (Fsp3) is 0.805. The lowest BCUT2D eigenvalue weighted by molar-refractivity contribution is -0.161. The first kappa shape index (κ1) is 45.1. The summed E-state index contributed by atoms with van der Waals surface area (Å²) in [5, 5.41) is 19.4. The van der Waals surface area contributed by atoms with Crippen LogP contribution >= 0.6 is 0 Å². The van der Waals surface area contributed by atoms with Gasteiger partial charge in [-0.25, -0.2) is 0 Å². The molecule has 0 spiro atoms. The number of ether oxygens (including phenoxy) is 2. The highest BCUT2D eigenvalue weighted by atomic mass is 16.6. The maximum Gasteiger partial charge on any atom is 0.306 e. The molecule has 274 valence electrons. The molecular formula is C41H74O6. The van der Waals surface area contributed by atoms with Gasteiger partial charge >= 0.3 is 11.9 Å². The lowest BCUT2D eigenvalue weighted by Crippen LogP contribution is -2.28. The Hall–Kier alpha value is -1.92. The zero-order valence-corrected chi connectivity index (χ0v) is 30.8. The number of carbonyl (C=O) groups is 2. The number of allylic oxidation sites excluding steroid dienone is 4. The number of hydrogen-bond acceptors (Lipinski definition) is 6. The normalized spacial score (nSPS) is 13.3. The second kappa shape index (κ2) is 35.4. The maximum absolute atomic E-state index is 12.2. The molecule has 2 N–H and O–H groups in total. The Morgan fingerprint density at radius 1 is 0.638 bits per heavy atom. The van der Waals surface area contributed by atoms with E-state index in [1.165, 1.54) is 77.0 Å². The van der Waals surface area contributed by atoms with Crippen molar-refractivity contribution in [2.24, 2.45) is 5.92 Å². The van der Waals surface area contributed by atoms with Gasteiger partial charge in [0.25, 0.3) is 0 Å². The van der Waals surface area contributed by atoms with Gasteiger partial charge < -0.3 is 19.7 Å². The van der Waals surface area contributed by atoms with Crippen molar-refractivity contribution in [3.63, 3.8) is 0 Å². The molecule has 0 heterocycles. The molecule has 0 amide bonds. The minimum atomic E-state index is -0.791. The van der Waals surface area contributed by atoms with Crippen LogP contribution in [0.2, 0.25) is 0 Å². The number of carbonyl (C=O) groups excluding carboxylic acids is 2. The Labute approximate surface area is 289 Å². The van der Waals surface area contributed by atoms with Crippen molar-refractivity contribution in [1.29, 1.82) is 0 Å². The molecule has 0 aromatic rings. The van der Waals surface area contributed by atoms with Crippen LogP contribution in [0.1, 0.15) is 181 Å².